The Kier molecular flexibility index (Phi) is 7.58. The standard InChI is InChI=1S/C29H31ClN8O3S/c1-29(2,3)41-28(40)37-11-10-17(15-37)12-33-26(39)35-27-34-21-9-8-19-23(18-13-31-16-32-14-18)36-38(24(19)25(21)42-27)22-7-5-4-6-20(22)30/h4-7,13-14,16-17H,8-12,15H2,1-3H3,(H2,33,34,35,39)/t17-/m1/s1. The Morgan fingerprint density at radius 1 is 1.17 bits per heavy atom. The molecular weight excluding hydrogens is 576 g/mol. The third-order valence-corrected chi connectivity index (χ3v) is 8.47. The van der Waals surface area contributed by atoms with Crippen molar-refractivity contribution in [2.45, 2.75) is 45.6 Å². The zero-order chi connectivity index (χ0) is 29.4. The van der Waals surface area contributed by atoms with E-state index in [4.69, 9.17) is 26.4 Å². The topological polar surface area (TPSA) is 127 Å². The highest BCUT2D eigenvalue weighted by Crippen LogP contribution is 2.44. The van der Waals surface area contributed by atoms with Crippen LogP contribution in [0.1, 0.15) is 38.4 Å². The van der Waals surface area contributed by atoms with E-state index in [-0.39, 0.29) is 18.0 Å². The van der Waals surface area contributed by atoms with Crippen molar-refractivity contribution in [1.82, 2.24) is 34.9 Å². The first-order valence-corrected chi connectivity index (χ1v) is 15.0. The van der Waals surface area contributed by atoms with E-state index in [2.05, 4.69) is 20.6 Å². The van der Waals surface area contributed by atoms with Crippen LogP contribution in [0.4, 0.5) is 14.7 Å². The van der Waals surface area contributed by atoms with Gasteiger partial charge >= 0.3 is 12.1 Å². The van der Waals surface area contributed by atoms with Gasteiger partial charge in [0.15, 0.2) is 5.13 Å². The average Bonchev–Trinajstić information content (AvgIpc) is 3.68. The number of urea groups is 1. The number of aromatic nitrogens is 5. The minimum atomic E-state index is -0.538. The zero-order valence-electron chi connectivity index (χ0n) is 23.6. The number of ether oxygens (including phenoxy) is 1. The number of hydrogen-bond acceptors (Lipinski definition) is 8. The molecule has 0 saturated carbocycles. The lowest BCUT2D eigenvalue weighted by Gasteiger charge is -2.24. The third kappa shape index (κ3) is 5.82. The summed E-state index contributed by atoms with van der Waals surface area (Å²) in [6.45, 7) is 7.16. The first kappa shape index (κ1) is 28.1. The van der Waals surface area contributed by atoms with Gasteiger partial charge in [0.2, 0.25) is 0 Å². The van der Waals surface area contributed by atoms with Crippen molar-refractivity contribution in [3.8, 4) is 27.5 Å². The lowest BCUT2D eigenvalue weighted by atomic mass is 9.96. The molecule has 1 fully saturated rings. The van der Waals surface area contributed by atoms with Gasteiger partial charge in [-0.25, -0.2) is 29.2 Å². The normalized spacial score (nSPS) is 16.1. The number of nitrogens with zero attached hydrogens (tertiary/aromatic N) is 6. The Bertz CT molecular complexity index is 1630. The van der Waals surface area contributed by atoms with E-state index >= 15 is 0 Å². The van der Waals surface area contributed by atoms with Crippen LogP contribution in [-0.4, -0.2) is 67.0 Å². The lowest BCUT2D eigenvalue weighted by Crippen LogP contribution is -2.37. The molecule has 1 aromatic carbocycles. The summed E-state index contributed by atoms with van der Waals surface area (Å²) >= 11 is 8.02. The van der Waals surface area contributed by atoms with Crippen LogP contribution < -0.4 is 10.6 Å². The number of carbonyl (C=O) groups is 2. The van der Waals surface area contributed by atoms with Gasteiger partial charge in [-0.1, -0.05) is 35.1 Å². The summed E-state index contributed by atoms with van der Waals surface area (Å²) in [6.07, 6.45) is 6.92. The molecule has 0 bridgehead atoms. The third-order valence-electron chi connectivity index (χ3n) is 7.13. The van der Waals surface area contributed by atoms with Crippen LogP contribution in [0.15, 0.2) is 43.0 Å². The Morgan fingerprint density at radius 2 is 1.95 bits per heavy atom. The second kappa shape index (κ2) is 11.3. The van der Waals surface area contributed by atoms with Gasteiger partial charge in [0, 0.05) is 43.2 Å². The van der Waals surface area contributed by atoms with E-state index in [1.807, 2.05) is 49.7 Å². The van der Waals surface area contributed by atoms with E-state index in [1.54, 1.807) is 17.3 Å². The fraction of sp³-hybridized carbons (Fsp3) is 0.379. The van der Waals surface area contributed by atoms with Crippen molar-refractivity contribution >= 4 is 40.2 Å². The molecule has 1 aliphatic carbocycles. The molecule has 6 rings (SSSR count). The second-order valence-corrected chi connectivity index (χ2v) is 12.8. The van der Waals surface area contributed by atoms with Crippen LogP contribution in [0.3, 0.4) is 0 Å². The van der Waals surface area contributed by atoms with Crippen molar-refractivity contribution in [2.24, 2.45) is 5.92 Å². The zero-order valence-corrected chi connectivity index (χ0v) is 25.1. The molecule has 0 radical (unpaired) electrons. The van der Waals surface area contributed by atoms with E-state index in [0.717, 1.165) is 51.6 Å². The van der Waals surface area contributed by atoms with Crippen LogP contribution in [0.5, 0.6) is 0 Å². The molecular formula is C29H31ClN8O3S. The Hall–Kier alpha value is -4.03. The largest absolute Gasteiger partial charge is 0.444 e. The first-order valence-electron chi connectivity index (χ1n) is 13.8. The number of thiazole rings is 1. The van der Waals surface area contributed by atoms with Crippen molar-refractivity contribution in [1.29, 1.82) is 0 Å². The van der Waals surface area contributed by atoms with E-state index in [0.29, 0.717) is 36.2 Å². The van der Waals surface area contributed by atoms with Crippen molar-refractivity contribution < 1.29 is 14.3 Å². The van der Waals surface area contributed by atoms with E-state index in [9.17, 15) is 9.59 Å². The van der Waals surface area contributed by atoms with Gasteiger partial charge in [-0.2, -0.15) is 5.10 Å². The number of carbonyl (C=O) groups excluding carboxylic acids is 2. The molecule has 13 heteroatoms. The molecule has 1 saturated heterocycles. The maximum Gasteiger partial charge on any atom is 0.410 e. The molecule has 4 aromatic rings. The smallest absolute Gasteiger partial charge is 0.410 e. The SMILES string of the molecule is CC(C)(C)OC(=O)N1CC[C@H](CNC(=O)Nc2nc3c(s2)-c2c(c(-c4cncnc4)nn2-c2ccccc2Cl)CC3)C1. The Labute approximate surface area is 252 Å². The number of fused-ring (bicyclic) bond motifs is 3. The molecule has 42 heavy (non-hydrogen) atoms. The summed E-state index contributed by atoms with van der Waals surface area (Å²) in [5, 5.41) is 11.9. The quantitative estimate of drug-likeness (QED) is 0.303. The summed E-state index contributed by atoms with van der Waals surface area (Å²) < 4.78 is 7.33. The predicted molar refractivity (Wildman–Crippen MR) is 161 cm³/mol. The van der Waals surface area contributed by atoms with Gasteiger partial charge in [0.05, 0.1) is 32.7 Å². The summed E-state index contributed by atoms with van der Waals surface area (Å²) in [7, 11) is 0. The fourth-order valence-corrected chi connectivity index (χ4v) is 6.53. The minimum absolute atomic E-state index is 0.153. The maximum atomic E-state index is 12.8. The van der Waals surface area contributed by atoms with Gasteiger partial charge in [0.1, 0.15) is 11.9 Å². The molecule has 3 amide bonds. The van der Waals surface area contributed by atoms with Gasteiger partial charge in [-0.15, -0.1) is 0 Å². The number of rotatable bonds is 5. The number of nitrogens with one attached hydrogen (secondary N) is 2. The number of likely N-dealkylation sites (tertiary alicyclic amines) is 1. The highest BCUT2D eigenvalue weighted by Gasteiger charge is 2.32. The predicted octanol–water partition coefficient (Wildman–Crippen LogP) is 5.58. The van der Waals surface area contributed by atoms with Crippen molar-refractivity contribution in [2.75, 3.05) is 25.0 Å². The summed E-state index contributed by atoms with van der Waals surface area (Å²) in [6, 6.07) is 7.23. The summed E-state index contributed by atoms with van der Waals surface area (Å²) in [4.78, 5) is 41.0. The highest BCUT2D eigenvalue weighted by molar-refractivity contribution is 7.19. The molecule has 3 aromatic heterocycles. The van der Waals surface area contributed by atoms with Crippen LogP contribution in [0, 0.1) is 5.92 Å². The van der Waals surface area contributed by atoms with Gasteiger partial charge in [-0.05, 0) is 58.1 Å². The fourth-order valence-electron chi connectivity index (χ4n) is 5.24. The molecule has 4 heterocycles. The van der Waals surface area contributed by atoms with Crippen LogP contribution >= 0.6 is 22.9 Å². The molecule has 2 N–H and O–H groups in total. The number of para-hydroxylation sites is 1. The molecule has 11 nitrogen and oxygen atoms in total. The van der Waals surface area contributed by atoms with Gasteiger partial charge in [0.25, 0.3) is 0 Å². The van der Waals surface area contributed by atoms with Gasteiger partial charge in [-0.3, -0.25) is 5.32 Å². The molecule has 0 spiro atoms. The summed E-state index contributed by atoms with van der Waals surface area (Å²) in [5.74, 6) is 0.153. The number of hydrogen-bond donors (Lipinski definition) is 2. The molecule has 1 atom stereocenters. The number of benzene rings is 1. The van der Waals surface area contributed by atoms with Crippen molar-refractivity contribution in [3.05, 3.63) is 59.3 Å². The lowest BCUT2D eigenvalue weighted by molar-refractivity contribution is 0.0288. The minimum Gasteiger partial charge on any atom is -0.444 e. The van der Waals surface area contributed by atoms with Crippen LogP contribution in [0.25, 0.3) is 27.5 Å². The van der Waals surface area contributed by atoms with E-state index in [1.165, 1.54) is 17.7 Å². The first-order chi connectivity index (χ1) is 20.2. The van der Waals surface area contributed by atoms with Crippen LogP contribution in [-0.2, 0) is 17.6 Å². The summed E-state index contributed by atoms with van der Waals surface area (Å²) in [5.41, 5.74) is 4.70. The Morgan fingerprint density at radius 3 is 2.71 bits per heavy atom. The highest BCUT2D eigenvalue weighted by atomic mass is 35.5. The molecule has 218 valence electrons. The number of amides is 3. The molecule has 1 aliphatic heterocycles. The Balaban J connectivity index is 1.19. The number of halogens is 1. The van der Waals surface area contributed by atoms with Crippen LogP contribution in [0.2, 0.25) is 5.02 Å². The van der Waals surface area contributed by atoms with E-state index < -0.39 is 5.60 Å². The second-order valence-electron chi connectivity index (χ2n) is 11.4. The molecule has 0 unspecified atom stereocenters. The monoisotopic (exact) mass is 606 g/mol. The van der Waals surface area contributed by atoms with Gasteiger partial charge < -0.3 is 15.0 Å². The van der Waals surface area contributed by atoms with Crippen molar-refractivity contribution in [3.63, 3.8) is 0 Å². The number of anilines is 1. The molecule has 2 aliphatic rings. The number of aryl methyl sites for hydroxylation is 1. The maximum absolute atomic E-state index is 12.8. The average molecular weight is 607 g/mol.